The van der Waals surface area contributed by atoms with Crippen molar-refractivity contribution in [3.05, 3.63) is 30.5 Å². The van der Waals surface area contributed by atoms with E-state index in [0.29, 0.717) is 16.6 Å². The Bertz CT molecular complexity index is 1120. The molecule has 1 N–H and O–H groups in total. The number of anilines is 1. The maximum Gasteiger partial charge on any atom is 0.306 e. The molecule has 9 heteroatoms. The molecular formula is C20H25N5O3S. The predicted molar refractivity (Wildman–Crippen MR) is 112 cm³/mol. The van der Waals surface area contributed by atoms with Gasteiger partial charge in [-0.3, -0.25) is 5.10 Å². The number of H-pyrrole nitrogens is 1. The number of aromatic amines is 1. The highest BCUT2D eigenvalue weighted by Crippen LogP contribution is 2.35. The summed E-state index contributed by atoms with van der Waals surface area (Å²) in [6.45, 7) is 6.56. The van der Waals surface area contributed by atoms with Gasteiger partial charge in [0.2, 0.25) is 5.65 Å². The molecule has 0 aliphatic carbocycles. The largest absolute Gasteiger partial charge is 0.383 e. The van der Waals surface area contributed by atoms with Gasteiger partial charge in [-0.15, -0.1) is 0 Å². The maximum atomic E-state index is 11.2. The molecule has 0 bridgehead atoms. The molecule has 29 heavy (non-hydrogen) atoms. The minimum Gasteiger partial charge on any atom is -0.383 e. The van der Waals surface area contributed by atoms with E-state index >= 15 is 0 Å². The van der Waals surface area contributed by atoms with Gasteiger partial charge in [0, 0.05) is 18.7 Å². The highest BCUT2D eigenvalue weighted by atomic mass is 32.2. The molecule has 0 unspecified atom stereocenters. The van der Waals surface area contributed by atoms with Gasteiger partial charge >= 0.3 is 10.1 Å². The third kappa shape index (κ3) is 4.19. The molecule has 0 atom stereocenters. The van der Waals surface area contributed by atoms with Crippen LogP contribution < -0.4 is 9.08 Å². The Hall–Kier alpha value is -2.68. The summed E-state index contributed by atoms with van der Waals surface area (Å²) in [7, 11) is -3.55. The van der Waals surface area contributed by atoms with Crippen LogP contribution >= 0.6 is 0 Å². The number of aromatic nitrogens is 4. The predicted octanol–water partition coefficient (Wildman–Crippen LogP) is 3.37. The number of fused-ring (bicyclic) bond motifs is 1. The number of rotatable bonds is 5. The second kappa shape index (κ2) is 7.29. The second-order valence-corrected chi connectivity index (χ2v) is 9.54. The first-order chi connectivity index (χ1) is 13.8. The standard InChI is InChI=1S/C20H25N5O3S/c1-4-20(2)9-11-25(12-10-20)16-13-21-18-17(23-24-19(18)22-16)14-5-7-15(8-6-14)28-29(3,26)27/h5-8,13H,4,9-12H2,1-3H3,(H,22,23,24). The van der Waals surface area contributed by atoms with Crippen molar-refractivity contribution in [2.24, 2.45) is 5.41 Å². The molecular weight excluding hydrogens is 390 g/mol. The molecule has 1 fully saturated rings. The summed E-state index contributed by atoms with van der Waals surface area (Å²) in [5.41, 5.74) is 3.23. The smallest absolute Gasteiger partial charge is 0.306 e. The van der Waals surface area contributed by atoms with Crippen LogP contribution in [0.25, 0.3) is 22.4 Å². The van der Waals surface area contributed by atoms with Crippen molar-refractivity contribution in [3.8, 4) is 17.0 Å². The molecule has 154 valence electrons. The zero-order chi connectivity index (χ0) is 20.6. The topological polar surface area (TPSA) is 101 Å². The molecule has 3 heterocycles. The summed E-state index contributed by atoms with van der Waals surface area (Å²) < 4.78 is 27.4. The molecule has 0 amide bonds. The number of piperidine rings is 1. The summed E-state index contributed by atoms with van der Waals surface area (Å²) in [6.07, 6.45) is 6.31. The van der Waals surface area contributed by atoms with Crippen LogP contribution in [0.3, 0.4) is 0 Å². The minimum absolute atomic E-state index is 0.262. The average molecular weight is 416 g/mol. The fourth-order valence-electron chi connectivity index (χ4n) is 3.62. The third-order valence-electron chi connectivity index (χ3n) is 5.79. The SMILES string of the molecule is CCC1(C)CCN(c2cnc3c(-c4ccc(OS(C)(=O)=O)cc4)[nH]nc3n2)CC1. The second-order valence-electron chi connectivity index (χ2n) is 7.96. The van der Waals surface area contributed by atoms with Crippen LogP contribution in [0, 0.1) is 5.41 Å². The molecule has 0 radical (unpaired) electrons. The summed E-state index contributed by atoms with van der Waals surface area (Å²) >= 11 is 0. The zero-order valence-electron chi connectivity index (χ0n) is 16.8. The molecule has 4 rings (SSSR count). The van der Waals surface area contributed by atoms with Gasteiger partial charge in [-0.05, 0) is 42.5 Å². The summed E-state index contributed by atoms with van der Waals surface area (Å²) in [5.74, 6) is 1.11. The Balaban J connectivity index is 1.56. The van der Waals surface area contributed by atoms with Crippen molar-refractivity contribution in [3.63, 3.8) is 0 Å². The number of nitrogens with one attached hydrogen (secondary N) is 1. The van der Waals surface area contributed by atoms with Gasteiger partial charge in [-0.2, -0.15) is 13.5 Å². The lowest BCUT2D eigenvalue weighted by atomic mass is 9.78. The van der Waals surface area contributed by atoms with Crippen molar-refractivity contribution in [2.45, 2.75) is 33.1 Å². The van der Waals surface area contributed by atoms with E-state index in [9.17, 15) is 8.42 Å². The Kier molecular flexibility index (Phi) is 4.94. The van der Waals surface area contributed by atoms with Crippen LogP contribution in [-0.2, 0) is 10.1 Å². The first kappa shape index (κ1) is 19.6. The highest BCUT2D eigenvalue weighted by Gasteiger charge is 2.29. The average Bonchev–Trinajstić information content (AvgIpc) is 3.11. The van der Waals surface area contributed by atoms with Crippen LogP contribution in [0.5, 0.6) is 5.75 Å². The van der Waals surface area contributed by atoms with Crippen LogP contribution in [-0.4, -0.2) is 47.9 Å². The summed E-state index contributed by atoms with van der Waals surface area (Å²) in [5, 5.41) is 7.32. The molecule has 2 aromatic heterocycles. The quantitative estimate of drug-likeness (QED) is 0.638. The first-order valence-electron chi connectivity index (χ1n) is 9.72. The van der Waals surface area contributed by atoms with Gasteiger partial charge in [-0.1, -0.05) is 20.3 Å². The zero-order valence-corrected chi connectivity index (χ0v) is 17.7. The molecule has 0 spiro atoms. The lowest BCUT2D eigenvalue weighted by Gasteiger charge is -2.39. The van der Waals surface area contributed by atoms with Gasteiger partial charge in [0.05, 0.1) is 18.1 Å². The number of nitrogens with zero attached hydrogens (tertiary/aromatic N) is 4. The van der Waals surface area contributed by atoms with Crippen molar-refractivity contribution >= 4 is 27.1 Å². The van der Waals surface area contributed by atoms with Crippen molar-refractivity contribution < 1.29 is 12.6 Å². The third-order valence-corrected chi connectivity index (χ3v) is 6.29. The van der Waals surface area contributed by atoms with Gasteiger partial charge in [0.25, 0.3) is 0 Å². The van der Waals surface area contributed by atoms with E-state index in [4.69, 9.17) is 9.17 Å². The lowest BCUT2D eigenvalue weighted by Crippen LogP contribution is -2.38. The van der Waals surface area contributed by atoms with E-state index in [1.807, 2.05) is 0 Å². The van der Waals surface area contributed by atoms with Crippen LogP contribution in [0.15, 0.2) is 30.5 Å². The Labute approximate surface area is 170 Å². The highest BCUT2D eigenvalue weighted by molar-refractivity contribution is 7.86. The van der Waals surface area contributed by atoms with E-state index in [1.165, 1.54) is 6.42 Å². The van der Waals surface area contributed by atoms with E-state index in [0.717, 1.165) is 49.3 Å². The normalized spacial score (nSPS) is 16.9. The first-order valence-corrected chi connectivity index (χ1v) is 11.5. The molecule has 1 saturated heterocycles. The minimum atomic E-state index is -3.55. The number of benzene rings is 1. The molecule has 8 nitrogen and oxygen atoms in total. The Morgan fingerprint density at radius 2 is 1.90 bits per heavy atom. The van der Waals surface area contributed by atoms with E-state index in [1.54, 1.807) is 30.5 Å². The van der Waals surface area contributed by atoms with E-state index in [2.05, 4.69) is 33.9 Å². The van der Waals surface area contributed by atoms with Gasteiger partial charge in [0.1, 0.15) is 17.1 Å². The number of hydrogen-bond donors (Lipinski definition) is 1. The molecule has 1 aromatic carbocycles. The molecule has 1 aliphatic heterocycles. The van der Waals surface area contributed by atoms with Gasteiger partial charge in [-0.25, -0.2) is 9.97 Å². The fraction of sp³-hybridized carbons (Fsp3) is 0.450. The molecule has 0 saturated carbocycles. The summed E-state index contributed by atoms with van der Waals surface area (Å²) in [4.78, 5) is 11.6. The van der Waals surface area contributed by atoms with Crippen molar-refractivity contribution in [1.29, 1.82) is 0 Å². The van der Waals surface area contributed by atoms with E-state index in [-0.39, 0.29) is 5.75 Å². The van der Waals surface area contributed by atoms with E-state index < -0.39 is 10.1 Å². The maximum absolute atomic E-state index is 11.2. The molecule has 3 aromatic rings. The Morgan fingerprint density at radius 1 is 1.21 bits per heavy atom. The lowest BCUT2D eigenvalue weighted by molar-refractivity contribution is 0.238. The molecule has 1 aliphatic rings. The number of hydrogen-bond acceptors (Lipinski definition) is 7. The van der Waals surface area contributed by atoms with Gasteiger partial charge in [0.15, 0.2) is 0 Å². The van der Waals surface area contributed by atoms with Crippen LogP contribution in [0.4, 0.5) is 5.82 Å². The van der Waals surface area contributed by atoms with Gasteiger partial charge < -0.3 is 9.08 Å². The Morgan fingerprint density at radius 3 is 2.52 bits per heavy atom. The van der Waals surface area contributed by atoms with Crippen LogP contribution in [0.2, 0.25) is 0 Å². The summed E-state index contributed by atoms with van der Waals surface area (Å²) in [6, 6.07) is 6.73. The van der Waals surface area contributed by atoms with Crippen molar-refractivity contribution in [1.82, 2.24) is 20.2 Å². The monoisotopic (exact) mass is 415 g/mol. The van der Waals surface area contributed by atoms with Crippen LogP contribution in [0.1, 0.15) is 33.1 Å². The van der Waals surface area contributed by atoms with Crippen molar-refractivity contribution in [2.75, 3.05) is 24.2 Å². The fourth-order valence-corrected chi connectivity index (χ4v) is 4.08.